The minimum absolute atomic E-state index is 0.383. The number of rotatable bonds is 3. The summed E-state index contributed by atoms with van der Waals surface area (Å²) < 4.78 is 40.4. The molecule has 0 aliphatic rings. The van der Waals surface area contributed by atoms with E-state index in [1.54, 1.807) is 24.3 Å². The van der Waals surface area contributed by atoms with E-state index in [1.165, 1.54) is 12.3 Å². The highest BCUT2D eigenvalue weighted by Gasteiger charge is 2.08. The van der Waals surface area contributed by atoms with Gasteiger partial charge in [0.2, 0.25) is 0 Å². The van der Waals surface area contributed by atoms with Crippen molar-refractivity contribution >= 4 is 15.9 Å². The quantitative estimate of drug-likeness (QED) is 0.785. The standard InChI is InChI=1S/C11H9BrF2N2/c12-7-8-2-1-3-9(6-8)10-4-5-16(15-10)11(13)14/h1-6,11H,7H2/i7D2. The lowest BCUT2D eigenvalue weighted by molar-refractivity contribution is 0.0568. The van der Waals surface area contributed by atoms with Gasteiger partial charge in [-0.1, -0.05) is 34.1 Å². The second kappa shape index (κ2) is 4.74. The molecule has 0 fully saturated rings. The first kappa shape index (κ1) is 8.87. The predicted octanol–water partition coefficient (Wildman–Crippen LogP) is 3.84. The number of halogens is 3. The van der Waals surface area contributed by atoms with Crippen molar-refractivity contribution in [3.05, 3.63) is 42.1 Å². The Balaban J connectivity index is 2.38. The Morgan fingerprint density at radius 3 is 2.88 bits per heavy atom. The Bertz CT molecular complexity index is 552. The molecule has 16 heavy (non-hydrogen) atoms. The Hall–Kier alpha value is -1.23. The summed E-state index contributed by atoms with van der Waals surface area (Å²) in [5.41, 5.74) is 1.38. The lowest BCUT2D eigenvalue weighted by atomic mass is 10.1. The zero-order valence-corrected chi connectivity index (χ0v) is 9.66. The Kier molecular flexibility index (Phi) is 2.63. The van der Waals surface area contributed by atoms with Crippen LogP contribution < -0.4 is 0 Å². The minimum Gasteiger partial charge on any atom is -0.211 e. The normalized spacial score (nSPS) is 13.8. The summed E-state index contributed by atoms with van der Waals surface area (Å²) in [7, 11) is 0. The topological polar surface area (TPSA) is 17.8 Å². The molecule has 0 spiro atoms. The van der Waals surface area contributed by atoms with Crippen LogP contribution in [0.4, 0.5) is 8.78 Å². The molecule has 0 saturated carbocycles. The van der Waals surface area contributed by atoms with E-state index in [2.05, 4.69) is 21.0 Å². The van der Waals surface area contributed by atoms with Crippen LogP contribution >= 0.6 is 15.9 Å². The molecule has 2 nitrogen and oxygen atoms in total. The molecule has 2 aromatic rings. The summed E-state index contributed by atoms with van der Waals surface area (Å²) in [6.07, 6.45) is 1.19. The van der Waals surface area contributed by atoms with Gasteiger partial charge in [-0.25, -0.2) is 4.68 Å². The molecule has 0 bridgehead atoms. The molecule has 1 heterocycles. The van der Waals surface area contributed by atoms with Crippen LogP contribution in [-0.2, 0) is 5.28 Å². The van der Waals surface area contributed by atoms with E-state index in [0.29, 0.717) is 21.5 Å². The van der Waals surface area contributed by atoms with Gasteiger partial charge in [0.15, 0.2) is 0 Å². The third kappa shape index (κ3) is 2.29. The van der Waals surface area contributed by atoms with Gasteiger partial charge in [0.25, 0.3) is 0 Å². The van der Waals surface area contributed by atoms with Crippen molar-refractivity contribution in [2.45, 2.75) is 11.8 Å². The average molecular weight is 289 g/mol. The Morgan fingerprint density at radius 1 is 1.44 bits per heavy atom. The van der Waals surface area contributed by atoms with Crippen LogP contribution in [0, 0.1) is 0 Å². The molecule has 0 radical (unpaired) electrons. The number of alkyl halides is 3. The first-order valence-electron chi connectivity index (χ1n) is 5.51. The summed E-state index contributed by atoms with van der Waals surface area (Å²) in [5.74, 6) is 0. The summed E-state index contributed by atoms with van der Waals surface area (Å²) >= 11 is 2.91. The van der Waals surface area contributed by atoms with E-state index in [-0.39, 0.29) is 0 Å². The Labute approximate surface area is 103 Å². The van der Waals surface area contributed by atoms with Crippen LogP contribution in [0.2, 0.25) is 0 Å². The van der Waals surface area contributed by atoms with Crippen LogP contribution in [0.1, 0.15) is 14.9 Å². The molecule has 0 aliphatic heterocycles. The fourth-order valence-electron chi connectivity index (χ4n) is 1.34. The van der Waals surface area contributed by atoms with E-state index >= 15 is 0 Å². The van der Waals surface area contributed by atoms with Gasteiger partial charge in [-0.15, -0.1) is 0 Å². The van der Waals surface area contributed by atoms with Crippen LogP contribution in [0.25, 0.3) is 11.3 Å². The molecule has 0 atom stereocenters. The van der Waals surface area contributed by atoms with Crippen molar-refractivity contribution in [1.82, 2.24) is 9.78 Å². The second-order valence-corrected chi connectivity index (χ2v) is 3.53. The van der Waals surface area contributed by atoms with Gasteiger partial charge < -0.3 is 0 Å². The van der Waals surface area contributed by atoms with Crippen LogP contribution in [0.15, 0.2) is 36.5 Å². The lowest BCUT2D eigenvalue weighted by Gasteiger charge is -2.00. The molecule has 0 saturated heterocycles. The summed E-state index contributed by atoms with van der Waals surface area (Å²) in [6, 6.07) is 8.01. The Morgan fingerprint density at radius 2 is 2.25 bits per heavy atom. The zero-order valence-electron chi connectivity index (χ0n) is 10.1. The monoisotopic (exact) mass is 288 g/mol. The maximum Gasteiger partial charge on any atom is 0.333 e. The summed E-state index contributed by atoms with van der Waals surface area (Å²) in [4.78, 5) is 0. The molecule has 1 aromatic carbocycles. The summed E-state index contributed by atoms with van der Waals surface area (Å²) in [5, 5.41) is 2.07. The molecule has 0 aliphatic carbocycles. The highest BCUT2D eigenvalue weighted by atomic mass is 79.9. The fourth-order valence-corrected chi connectivity index (χ4v) is 1.58. The van der Waals surface area contributed by atoms with Crippen molar-refractivity contribution in [2.75, 3.05) is 0 Å². The van der Waals surface area contributed by atoms with Gasteiger partial charge in [-0.05, 0) is 17.7 Å². The van der Waals surface area contributed by atoms with E-state index in [4.69, 9.17) is 2.74 Å². The molecule has 2 rings (SSSR count). The number of aromatic nitrogens is 2. The third-order valence-corrected chi connectivity index (χ3v) is 2.53. The molecule has 0 amide bonds. The molecular weight excluding hydrogens is 278 g/mol. The van der Waals surface area contributed by atoms with Gasteiger partial charge in [0.05, 0.1) is 5.69 Å². The number of hydrogen-bond donors (Lipinski definition) is 0. The van der Waals surface area contributed by atoms with E-state index in [0.717, 1.165) is 0 Å². The van der Waals surface area contributed by atoms with Gasteiger partial charge in [-0.3, -0.25) is 0 Å². The molecular formula is C11H9BrF2N2. The SMILES string of the molecule is [2H]C([2H])(Br)c1cccc(-c2ccn(C(F)F)n2)c1. The van der Waals surface area contributed by atoms with E-state index < -0.39 is 11.8 Å². The third-order valence-electron chi connectivity index (χ3n) is 2.08. The smallest absolute Gasteiger partial charge is 0.211 e. The largest absolute Gasteiger partial charge is 0.333 e. The van der Waals surface area contributed by atoms with Crippen molar-refractivity contribution < 1.29 is 11.5 Å². The van der Waals surface area contributed by atoms with Gasteiger partial charge in [0, 0.05) is 19.8 Å². The molecule has 0 unspecified atom stereocenters. The van der Waals surface area contributed by atoms with Crippen LogP contribution in [0.5, 0.6) is 0 Å². The maximum absolute atomic E-state index is 12.4. The van der Waals surface area contributed by atoms with Crippen molar-refractivity contribution in [1.29, 1.82) is 0 Å². The lowest BCUT2D eigenvalue weighted by Crippen LogP contribution is -1.98. The molecule has 1 aromatic heterocycles. The fraction of sp³-hybridized carbons (Fsp3) is 0.182. The number of benzene rings is 1. The first-order chi connectivity index (χ1) is 8.38. The van der Waals surface area contributed by atoms with Crippen LogP contribution in [-0.4, -0.2) is 9.78 Å². The van der Waals surface area contributed by atoms with Crippen molar-refractivity contribution in [3.63, 3.8) is 0 Å². The van der Waals surface area contributed by atoms with Crippen molar-refractivity contribution in [2.24, 2.45) is 0 Å². The average Bonchev–Trinajstić information content (AvgIpc) is 2.77. The first-order valence-corrected chi connectivity index (χ1v) is 5.30. The van der Waals surface area contributed by atoms with Gasteiger partial charge in [0.1, 0.15) is 0 Å². The number of hydrogen-bond acceptors (Lipinski definition) is 1. The highest BCUT2D eigenvalue weighted by molar-refractivity contribution is 9.08. The zero-order chi connectivity index (χ0) is 13.3. The van der Waals surface area contributed by atoms with Crippen molar-refractivity contribution in [3.8, 4) is 11.3 Å². The van der Waals surface area contributed by atoms with Gasteiger partial charge >= 0.3 is 6.55 Å². The molecule has 0 N–H and O–H groups in total. The van der Waals surface area contributed by atoms with Crippen LogP contribution in [0.3, 0.4) is 0 Å². The van der Waals surface area contributed by atoms with E-state index in [9.17, 15) is 8.78 Å². The minimum atomic E-state index is -2.68. The van der Waals surface area contributed by atoms with Gasteiger partial charge in [-0.2, -0.15) is 13.9 Å². The summed E-state index contributed by atoms with van der Waals surface area (Å²) in [6.45, 7) is -2.68. The molecule has 84 valence electrons. The second-order valence-electron chi connectivity index (χ2n) is 3.13. The maximum atomic E-state index is 12.4. The predicted molar refractivity (Wildman–Crippen MR) is 61.5 cm³/mol. The molecule has 5 heteroatoms. The number of nitrogens with zero attached hydrogens (tertiary/aromatic N) is 2. The highest BCUT2D eigenvalue weighted by Crippen LogP contribution is 2.21. The van der Waals surface area contributed by atoms with E-state index in [1.807, 2.05) is 0 Å².